The molecule has 8 aromatic carbocycles. The molecule has 0 saturated carbocycles. The predicted octanol–water partition coefficient (Wildman–Crippen LogP) is 13.1. The Morgan fingerprint density at radius 1 is 0.353 bits per heavy atom. The summed E-state index contributed by atoms with van der Waals surface area (Å²) in [5.41, 5.74) is 13.5. The third kappa shape index (κ3) is 4.06. The molecule has 3 heteroatoms. The number of rotatable bonds is 4. The molecule has 11 rings (SSSR count). The first-order valence-corrected chi connectivity index (χ1v) is 17.4. The van der Waals surface area contributed by atoms with Crippen LogP contribution in [-0.2, 0) is 0 Å². The molecule has 0 aliphatic heterocycles. The number of hydrogen-bond donors (Lipinski definition) is 0. The lowest BCUT2D eigenvalue weighted by molar-refractivity contribution is 0.670. The lowest BCUT2D eigenvalue weighted by Crippen LogP contribution is -1.97. The van der Waals surface area contributed by atoms with Gasteiger partial charge in [-0.3, -0.25) is 0 Å². The van der Waals surface area contributed by atoms with Crippen LogP contribution in [-0.4, -0.2) is 9.13 Å². The van der Waals surface area contributed by atoms with Gasteiger partial charge in [-0.25, -0.2) is 0 Å². The van der Waals surface area contributed by atoms with Crippen LogP contribution in [0.1, 0.15) is 0 Å². The van der Waals surface area contributed by atoms with Crippen molar-refractivity contribution in [2.45, 2.75) is 0 Å². The van der Waals surface area contributed by atoms with Crippen LogP contribution in [0, 0.1) is 0 Å². The summed E-state index contributed by atoms with van der Waals surface area (Å²) in [6.45, 7) is 0. The molecule has 0 amide bonds. The molecule has 11 aromatic rings. The van der Waals surface area contributed by atoms with Gasteiger partial charge >= 0.3 is 0 Å². The van der Waals surface area contributed by atoms with Crippen LogP contribution in [0.2, 0.25) is 0 Å². The minimum atomic E-state index is 0.913. The van der Waals surface area contributed by atoms with Crippen molar-refractivity contribution < 1.29 is 4.42 Å². The lowest BCUT2D eigenvalue weighted by atomic mass is 9.95. The molecule has 0 radical (unpaired) electrons. The highest BCUT2D eigenvalue weighted by Gasteiger charge is 2.24. The van der Waals surface area contributed by atoms with E-state index >= 15 is 0 Å². The van der Waals surface area contributed by atoms with Crippen molar-refractivity contribution in [2.75, 3.05) is 0 Å². The minimum absolute atomic E-state index is 0.913. The summed E-state index contributed by atoms with van der Waals surface area (Å²) in [6, 6.07) is 65.4. The van der Waals surface area contributed by atoms with Gasteiger partial charge in [0.05, 0.1) is 22.1 Å². The van der Waals surface area contributed by atoms with Gasteiger partial charge in [-0.05, 0) is 59.7 Å². The van der Waals surface area contributed by atoms with E-state index in [0.717, 1.165) is 44.4 Å². The highest BCUT2D eigenvalue weighted by molar-refractivity contribution is 6.29. The van der Waals surface area contributed by atoms with Crippen LogP contribution in [0.5, 0.6) is 0 Å². The molecule has 0 fully saturated rings. The summed E-state index contributed by atoms with van der Waals surface area (Å²) in [4.78, 5) is 0. The number of para-hydroxylation sites is 6. The Hall–Kier alpha value is -6.84. The Morgan fingerprint density at radius 2 is 0.882 bits per heavy atom. The third-order valence-corrected chi connectivity index (χ3v) is 10.5. The van der Waals surface area contributed by atoms with Crippen LogP contribution in [0.4, 0.5) is 0 Å². The van der Waals surface area contributed by atoms with Crippen LogP contribution in [0.25, 0.3) is 99.2 Å². The van der Waals surface area contributed by atoms with Crippen LogP contribution >= 0.6 is 0 Å². The largest absolute Gasteiger partial charge is 0.455 e. The quantitative estimate of drug-likeness (QED) is 0.186. The fraction of sp³-hybridized carbons (Fsp3) is 0. The van der Waals surface area contributed by atoms with Crippen molar-refractivity contribution in [3.63, 3.8) is 0 Å². The van der Waals surface area contributed by atoms with E-state index in [1.54, 1.807) is 0 Å². The first kappa shape index (κ1) is 28.0. The second-order valence-electron chi connectivity index (χ2n) is 13.3. The molecule has 0 bridgehead atoms. The lowest BCUT2D eigenvalue weighted by Gasteiger charge is -2.14. The van der Waals surface area contributed by atoms with Crippen molar-refractivity contribution in [2.24, 2.45) is 0 Å². The van der Waals surface area contributed by atoms with E-state index in [1.807, 2.05) is 12.1 Å². The molecule has 0 unspecified atom stereocenters. The molecule has 0 aliphatic rings. The van der Waals surface area contributed by atoms with Gasteiger partial charge in [-0.15, -0.1) is 0 Å². The summed E-state index contributed by atoms with van der Waals surface area (Å²) < 4.78 is 11.3. The summed E-state index contributed by atoms with van der Waals surface area (Å²) in [7, 11) is 0. The fourth-order valence-corrected chi connectivity index (χ4v) is 8.32. The van der Waals surface area contributed by atoms with Gasteiger partial charge in [0, 0.05) is 54.8 Å². The molecular weight excluding hydrogens is 621 g/mol. The summed E-state index contributed by atoms with van der Waals surface area (Å²) >= 11 is 0. The molecule has 238 valence electrons. The van der Waals surface area contributed by atoms with Crippen molar-refractivity contribution in [1.29, 1.82) is 0 Å². The summed E-state index contributed by atoms with van der Waals surface area (Å²) in [6.07, 6.45) is 0. The smallest absolute Gasteiger partial charge is 0.143 e. The van der Waals surface area contributed by atoms with E-state index in [-0.39, 0.29) is 0 Å². The maximum atomic E-state index is 6.43. The molecule has 0 aliphatic carbocycles. The standard InChI is InChI=1S/C48H30N2O/c1-3-14-33(15-4-1)49-42-23-10-7-18-36(42)41-30-40(46-45(47(41)49)39-20-8-11-24-43(39)50(46)34-16-5-2-6-17-34)32-28-26-31(27-29-32)35-21-13-22-38-37-19-9-12-25-44(37)51-48(35)38/h1-30H. The van der Waals surface area contributed by atoms with Gasteiger partial charge in [0.25, 0.3) is 0 Å². The molecule has 3 heterocycles. The monoisotopic (exact) mass is 650 g/mol. The Bertz CT molecular complexity index is 3110. The van der Waals surface area contributed by atoms with Crippen molar-refractivity contribution in [1.82, 2.24) is 9.13 Å². The van der Waals surface area contributed by atoms with Gasteiger partial charge in [-0.1, -0.05) is 133 Å². The van der Waals surface area contributed by atoms with E-state index in [1.165, 1.54) is 54.7 Å². The van der Waals surface area contributed by atoms with Crippen molar-refractivity contribution in [3.05, 3.63) is 182 Å². The SMILES string of the molecule is c1ccc(-n2c3ccccc3c3c2c(-c2ccc(-c4cccc5c4oc4ccccc45)cc2)cc2c4ccccc4n(-c4ccccc4)c23)cc1. The van der Waals surface area contributed by atoms with Crippen molar-refractivity contribution >= 4 is 65.6 Å². The van der Waals surface area contributed by atoms with E-state index < -0.39 is 0 Å². The maximum Gasteiger partial charge on any atom is 0.143 e. The zero-order valence-electron chi connectivity index (χ0n) is 27.6. The van der Waals surface area contributed by atoms with E-state index in [9.17, 15) is 0 Å². The van der Waals surface area contributed by atoms with Gasteiger partial charge < -0.3 is 13.6 Å². The molecule has 0 N–H and O–H groups in total. The average molecular weight is 651 g/mol. The van der Waals surface area contributed by atoms with Crippen LogP contribution < -0.4 is 0 Å². The number of fused-ring (bicyclic) bond motifs is 10. The Kier molecular flexibility index (Phi) is 5.96. The predicted molar refractivity (Wildman–Crippen MR) is 213 cm³/mol. The highest BCUT2D eigenvalue weighted by Crippen LogP contribution is 2.46. The number of furan rings is 1. The first-order valence-electron chi connectivity index (χ1n) is 17.4. The molecule has 0 spiro atoms. The third-order valence-electron chi connectivity index (χ3n) is 10.5. The van der Waals surface area contributed by atoms with Gasteiger partial charge in [-0.2, -0.15) is 0 Å². The zero-order valence-corrected chi connectivity index (χ0v) is 27.6. The van der Waals surface area contributed by atoms with Gasteiger partial charge in [0.2, 0.25) is 0 Å². The summed E-state index contributed by atoms with van der Waals surface area (Å²) in [5, 5.41) is 7.24. The molecule has 3 aromatic heterocycles. The number of aromatic nitrogens is 2. The molecule has 3 nitrogen and oxygen atoms in total. The molecule has 0 saturated heterocycles. The molecular formula is C48H30N2O. The number of hydrogen-bond acceptors (Lipinski definition) is 1. The maximum absolute atomic E-state index is 6.43. The van der Waals surface area contributed by atoms with Crippen molar-refractivity contribution in [3.8, 4) is 33.6 Å². The molecule has 0 atom stereocenters. The van der Waals surface area contributed by atoms with E-state index in [4.69, 9.17) is 4.42 Å². The number of nitrogens with zero attached hydrogens (tertiary/aromatic N) is 2. The fourth-order valence-electron chi connectivity index (χ4n) is 8.32. The second kappa shape index (κ2) is 10.8. The normalized spacial score (nSPS) is 11.9. The Balaban J connectivity index is 1.25. The minimum Gasteiger partial charge on any atom is -0.455 e. The summed E-state index contributed by atoms with van der Waals surface area (Å²) in [5.74, 6) is 0. The average Bonchev–Trinajstić information content (AvgIpc) is 3.86. The van der Waals surface area contributed by atoms with E-state index in [0.29, 0.717) is 0 Å². The van der Waals surface area contributed by atoms with Crippen LogP contribution in [0.15, 0.2) is 186 Å². The Morgan fingerprint density at radius 3 is 1.59 bits per heavy atom. The zero-order chi connectivity index (χ0) is 33.5. The highest BCUT2D eigenvalue weighted by atomic mass is 16.3. The van der Waals surface area contributed by atoms with Crippen LogP contribution in [0.3, 0.4) is 0 Å². The van der Waals surface area contributed by atoms with E-state index in [2.05, 4.69) is 179 Å². The topological polar surface area (TPSA) is 23.0 Å². The first-order chi connectivity index (χ1) is 25.3. The Labute approximate surface area is 293 Å². The van der Waals surface area contributed by atoms with Gasteiger partial charge in [0.1, 0.15) is 11.2 Å². The number of benzene rings is 8. The molecule has 51 heavy (non-hydrogen) atoms. The van der Waals surface area contributed by atoms with Gasteiger partial charge in [0.15, 0.2) is 0 Å². The second-order valence-corrected chi connectivity index (χ2v) is 13.3.